The highest BCUT2D eigenvalue weighted by molar-refractivity contribution is 6.31. The van der Waals surface area contributed by atoms with Crippen molar-refractivity contribution in [3.05, 3.63) is 58.6 Å². The normalized spacial score (nSPS) is 19.7. The molecule has 0 bridgehead atoms. The van der Waals surface area contributed by atoms with Gasteiger partial charge in [0.05, 0.1) is 18.6 Å². The van der Waals surface area contributed by atoms with Gasteiger partial charge >= 0.3 is 0 Å². The molecule has 7 heteroatoms. The fourth-order valence-corrected chi connectivity index (χ4v) is 4.89. The van der Waals surface area contributed by atoms with E-state index in [0.717, 1.165) is 18.5 Å². The second-order valence-electron chi connectivity index (χ2n) is 8.54. The number of carbonyl (C=O) groups excluding carboxylic acids is 2. The van der Waals surface area contributed by atoms with E-state index in [9.17, 15) is 9.59 Å². The summed E-state index contributed by atoms with van der Waals surface area (Å²) in [5, 5.41) is 0.687. The minimum atomic E-state index is -0.331. The van der Waals surface area contributed by atoms with Crippen LogP contribution in [0.5, 0.6) is 11.5 Å². The number of piperidine rings is 1. The molecule has 1 spiro atoms. The molecule has 0 N–H and O–H groups in total. The van der Waals surface area contributed by atoms with Crippen molar-refractivity contribution in [1.82, 2.24) is 9.80 Å². The predicted molar refractivity (Wildman–Crippen MR) is 116 cm³/mol. The number of carbonyl (C=O) groups is 2. The van der Waals surface area contributed by atoms with Crippen LogP contribution in [0, 0.1) is 5.41 Å². The minimum Gasteiger partial charge on any atom is -0.490 e. The molecule has 0 saturated carbocycles. The first kappa shape index (κ1) is 20.2. The Balaban J connectivity index is 1.20. The van der Waals surface area contributed by atoms with Gasteiger partial charge in [0.15, 0.2) is 11.5 Å². The van der Waals surface area contributed by atoms with Crippen LogP contribution < -0.4 is 9.47 Å². The summed E-state index contributed by atoms with van der Waals surface area (Å²) in [5.41, 5.74) is 1.23. The first-order valence-corrected chi connectivity index (χ1v) is 11.2. The zero-order valence-corrected chi connectivity index (χ0v) is 18.1. The highest BCUT2D eigenvalue weighted by Gasteiger charge is 2.53. The summed E-state index contributed by atoms with van der Waals surface area (Å²) < 4.78 is 11.4. The summed E-state index contributed by atoms with van der Waals surface area (Å²) in [6.07, 6.45) is 2.22. The van der Waals surface area contributed by atoms with Crippen LogP contribution in [0.1, 0.15) is 35.2 Å². The van der Waals surface area contributed by atoms with Gasteiger partial charge in [0.2, 0.25) is 5.91 Å². The van der Waals surface area contributed by atoms with Gasteiger partial charge in [-0.3, -0.25) is 9.59 Å². The van der Waals surface area contributed by atoms with Crippen molar-refractivity contribution in [1.29, 1.82) is 0 Å². The molecule has 0 unspecified atom stereocenters. The van der Waals surface area contributed by atoms with E-state index < -0.39 is 0 Å². The maximum absolute atomic E-state index is 13.0. The topological polar surface area (TPSA) is 59.1 Å². The van der Waals surface area contributed by atoms with Gasteiger partial charge < -0.3 is 19.3 Å². The number of amides is 2. The van der Waals surface area contributed by atoms with E-state index in [1.807, 2.05) is 34.1 Å². The summed E-state index contributed by atoms with van der Waals surface area (Å²) >= 11 is 6.24. The van der Waals surface area contributed by atoms with Gasteiger partial charge in [-0.05, 0) is 42.7 Å². The van der Waals surface area contributed by atoms with E-state index in [1.54, 1.807) is 18.2 Å². The van der Waals surface area contributed by atoms with Crippen LogP contribution in [0.3, 0.4) is 0 Å². The number of benzene rings is 2. The lowest BCUT2D eigenvalue weighted by atomic mass is 9.71. The second kappa shape index (κ2) is 8.08. The summed E-state index contributed by atoms with van der Waals surface area (Å²) in [7, 11) is 0. The smallest absolute Gasteiger partial charge is 0.253 e. The van der Waals surface area contributed by atoms with Crippen molar-refractivity contribution < 1.29 is 19.1 Å². The summed E-state index contributed by atoms with van der Waals surface area (Å²) in [6.45, 7) is 3.64. The predicted octanol–water partition coefficient (Wildman–Crippen LogP) is 3.77. The van der Waals surface area contributed by atoms with Crippen LogP contribution in [0.25, 0.3) is 0 Å². The molecule has 0 atom stereocenters. The molecule has 162 valence electrons. The molecule has 2 amide bonds. The van der Waals surface area contributed by atoms with Crippen molar-refractivity contribution in [2.75, 3.05) is 32.8 Å². The summed E-state index contributed by atoms with van der Waals surface area (Å²) in [6, 6.07) is 13.0. The van der Waals surface area contributed by atoms with E-state index in [0.29, 0.717) is 67.8 Å². The van der Waals surface area contributed by atoms with E-state index >= 15 is 0 Å². The van der Waals surface area contributed by atoms with Crippen molar-refractivity contribution in [3.63, 3.8) is 0 Å². The molecule has 0 aliphatic carbocycles. The number of hydrogen-bond acceptors (Lipinski definition) is 4. The number of ether oxygens (including phenoxy) is 2. The molecule has 2 aromatic carbocycles. The molecular weight excluding hydrogens is 416 g/mol. The van der Waals surface area contributed by atoms with Crippen LogP contribution in [0.15, 0.2) is 42.5 Å². The lowest BCUT2D eigenvalue weighted by molar-refractivity contribution is -0.165. The Hall–Kier alpha value is -2.73. The largest absolute Gasteiger partial charge is 0.490 e. The maximum Gasteiger partial charge on any atom is 0.253 e. The monoisotopic (exact) mass is 440 g/mol. The molecule has 2 aromatic rings. The number of rotatable bonds is 3. The van der Waals surface area contributed by atoms with Gasteiger partial charge in [-0.2, -0.15) is 0 Å². The second-order valence-corrected chi connectivity index (χ2v) is 8.94. The molecule has 0 aromatic heterocycles. The number of β-lactam (4-membered cyclic amide) rings is 1. The molecule has 3 aliphatic heterocycles. The highest BCUT2D eigenvalue weighted by atomic mass is 35.5. The Kier molecular flexibility index (Phi) is 5.26. The van der Waals surface area contributed by atoms with E-state index in [-0.39, 0.29) is 17.2 Å². The zero-order valence-electron chi connectivity index (χ0n) is 17.3. The maximum atomic E-state index is 13.0. The van der Waals surface area contributed by atoms with Gasteiger partial charge in [0, 0.05) is 43.2 Å². The first-order valence-electron chi connectivity index (χ1n) is 10.8. The Morgan fingerprint density at radius 2 is 1.77 bits per heavy atom. The lowest BCUT2D eigenvalue weighted by Gasteiger charge is -2.52. The number of nitrogens with zero attached hydrogens (tertiary/aromatic N) is 2. The average molecular weight is 441 g/mol. The summed E-state index contributed by atoms with van der Waals surface area (Å²) in [5.74, 6) is 1.46. The van der Waals surface area contributed by atoms with Gasteiger partial charge in [-0.15, -0.1) is 0 Å². The fourth-order valence-electron chi connectivity index (χ4n) is 4.70. The first-order chi connectivity index (χ1) is 15.1. The molecule has 2 saturated heterocycles. The van der Waals surface area contributed by atoms with Crippen LogP contribution >= 0.6 is 11.6 Å². The Bertz CT molecular complexity index is 1020. The molecule has 6 nitrogen and oxygen atoms in total. The van der Waals surface area contributed by atoms with Crippen LogP contribution in [0.4, 0.5) is 0 Å². The molecule has 3 aliphatic rings. The van der Waals surface area contributed by atoms with Crippen LogP contribution in [-0.4, -0.2) is 54.5 Å². The zero-order chi connectivity index (χ0) is 21.4. The summed E-state index contributed by atoms with van der Waals surface area (Å²) in [4.78, 5) is 29.7. The number of halogens is 1. The third-order valence-electron chi connectivity index (χ3n) is 6.56. The van der Waals surface area contributed by atoms with Gasteiger partial charge in [-0.25, -0.2) is 0 Å². The van der Waals surface area contributed by atoms with Gasteiger partial charge in [0.1, 0.15) is 0 Å². The van der Waals surface area contributed by atoms with Crippen LogP contribution in [-0.2, 0) is 11.3 Å². The van der Waals surface area contributed by atoms with E-state index in [1.165, 1.54) is 0 Å². The molecule has 2 fully saturated rings. The number of fused-ring (bicyclic) bond motifs is 1. The molecular formula is C24H25ClN2O4. The standard InChI is InChI=1S/C24H25ClN2O4/c25-19-5-2-1-4-18(19)15-27-16-24(23(27)29)8-10-26(11-9-24)22(28)17-6-7-20-21(14-17)31-13-3-12-30-20/h1-2,4-7,14H,3,8-13,15-16H2. The molecule has 5 rings (SSSR count). The van der Waals surface area contributed by atoms with Crippen LogP contribution in [0.2, 0.25) is 5.02 Å². The molecule has 3 heterocycles. The molecule has 0 radical (unpaired) electrons. The van der Waals surface area contributed by atoms with Crippen molar-refractivity contribution >= 4 is 23.4 Å². The SMILES string of the molecule is O=C(c1ccc2c(c1)OCCCO2)N1CCC2(CC1)CN(Cc1ccccc1Cl)C2=O. The van der Waals surface area contributed by atoms with Gasteiger partial charge in [0.25, 0.3) is 5.91 Å². The minimum absolute atomic E-state index is 0.0230. The highest BCUT2D eigenvalue weighted by Crippen LogP contribution is 2.43. The van der Waals surface area contributed by atoms with Gasteiger partial charge in [-0.1, -0.05) is 29.8 Å². The Morgan fingerprint density at radius 3 is 2.52 bits per heavy atom. The third kappa shape index (κ3) is 3.74. The molecule has 31 heavy (non-hydrogen) atoms. The van der Waals surface area contributed by atoms with Crippen molar-refractivity contribution in [3.8, 4) is 11.5 Å². The quantitative estimate of drug-likeness (QED) is 0.682. The Labute approximate surface area is 186 Å². The lowest BCUT2D eigenvalue weighted by Crippen LogP contribution is -2.64. The Morgan fingerprint density at radius 1 is 1.03 bits per heavy atom. The van der Waals surface area contributed by atoms with E-state index in [2.05, 4.69) is 0 Å². The average Bonchev–Trinajstić information content (AvgIpc) is 3.05. The number of hydrogen-bond donors (Lipinski definition) is 0. The van der Waals surface area contributed by atoms with Crippen molar-refractivity contribution in [2.24, 2.45) is 5.41 Å². The third-order valence-corrected chi connectivity index (χ3v) is 6.92. The van der Waals surface area contributed by atoms with Crippen molar-refractivity contribution in [2.45, 2.75) is 25.8 Å². The van der Waals surface area contributed by atoms with E-state index in [4.69, 9.17) is 21.1 Å². The fraction of sp³-hybridized carbons (Fsp3) is 0.417. The number of likely N-dealkylation sites (tertiary alicyclic amines) is 2.